The number of anilines is 1. The van der Waals surface area contributed by atoms with E-state index in [4.69, 9.17) is 14.6 Å². The maximum absolute atomic E-state index is 14.4. The third-order valence-corrected chi connectivity index (χ3v) is 7.06. The molecule has 3 heterocycles. The van der Waals surface area contributed by atoms with Gasteiger partial charge in [-0.1, -0.05) is 6.07 Å². The molecular weight excluding hydrogens is 523 g/mol. The largest absolute Gasteiger partial charge is 0.483 e. The fraction of sp³-hybridized carbons (Fsp3) is 0.214. The Morgan fingerprint density at radius 3 is 2.74 bits per heavy atom. The van der Waals surface area contributed by atoms with E-state index < -0.39 is 22.9 Å². The number of fused-ring (bicyclic) bond motifs is 1. The highest BCUT2D eigenvalue weighted by atomic mass is 32.1. The molecular formula is C28H25FN4O5S. The Balaban J connectivity index is 1.48. The average molecular weight is 549 g/mol. The van der Waals surface area contributed by atoms with Gasteiger partial charge in [-0.3, -0.25) is 9.78 Å². The highest BCUT2D eigenvalue weighted by molar-refractivity contribution is 7.13. The summed E-state index contributed by atoms with van der Waals surface area (Å²) in [7, 11) is 0. The minimum Gasteiger partial charge on any atom is -0.483 e. The van der Waals surface area contributed by atoms with Crippen LogP contribution in [0.5, 0.6) is 17.2 Å². The minimum atomic E-state index is -1.37. The van der Waals surface area contributed by atoms with Crippen molar-refractivity contribution in [1.29, 1.82) is 0 Å². The van der Waals surface area contributed by atoms with Gasteiger partial charge in [0, 0.05) is 42.3 Å². The van der Waals surface area contributed by atoms with Gasteiger partial charge in [0.15, 0.2) is 16.6 Å². The number of carbonyl (C=O) groups excluding carboxylic acids is 1. The van der Waals surface area contributed by atoms with Gasteiger partial charge in [-0.25, -0.2) is 14.2 Å². The van der Waals surface area contributed by atoms with E-state index in [2.05, 4.69) is 20.6 Å². The number of benzene rings is 2. The number of aromatic nitrogens is 2. The van der Waals surface area contributed by atoms with E-state index in [0.29, 0.717) is 35.3 Å². The molecule has 9 nitrogen and oxygen atoms in total. The monoisotopic (exact) mass is 548 g/mol. The summed E-state index contributed by atoms with van der Waals surface area (Å²) in [6.45, 7) is 2.76. The smallest absolute Gasteiger partial charge is 0.338 e. The van der Waals surface area contributed by atoms with Crippen LogP contribution in [0.15, 0.2) is 66.3 Å². The molecule has 3 N–H and O–H groups in total. The van der Waals surface area contributed by atoms with Gasteiger partial charge < -0.3 is 25.2 Å². The van der Waals surface area contributed by atoms with E-state index in [1.54, 1.807) is 23.8 Å². The zero-order valence-corrected chi connectivity index (χ0v) is 21.8. The van der Waals surface area contributed by atoms with Crippen molar-refractivity contribution in [1.82, 2.24) is 15.3 Å². The molecule has 1 amide bonds. The fourth-order valence-electron chi connectivity index (χ4n) is 4.51. The molecule has 0 spiro atoms. The number of nitrogens with one attached hydrogen (secondary N) is 2. The Bertz CT molecular complexity index is 1500. The van der Waals surface area contributed by atoms with Gasteiger partial charge in [0.25, 0.3) is 0 Å². The molecule has 5 rings (SSSR count). The van der Waals surface area contributed by atoms with Crippen LogP contribution in [0.4, 0.5) is 9.52 Å². The van der Waals surface area contributed by atoms with Crippen molar-refractivity contribution in [3.63, 3.8) is 0 Å². The van der Waals surface area contributed by atoms with Crippen molar-refractivity contribution >= 4 is 28.3 Å². The van der Waals surface area contributed by atoms with Crippen LogP contribution in [0.1, 0.15) is 40.5 Å². The molecule has 0 aliphatic carbocycles. The van der Waals surface area contributed by atoms with E-state index in [1.807, 2.05) is 31.2 Å². The van der Waals surface area contributed by atoms with Crippen LogP contribution in [0.2, 0.25) is 0 Å². The van der Waals surface area contributed by atoms with Gasteiger partial charge in [-0.15, -0.1) is 11.3 Å². The second-order valence-corrected chi connectivity index (χ2v) is 10.1. The summed E-state index contributed by atoms with van der Waals surface area (Å²) in [4.78, 5) is 32.5. The Kier molecular flexibility index (Phi) is 7.53. The van der Waals surface area contributed by atoms with Crippen LogP contribution in [0.25, 0.3) is 0 Å². The van der Waals surface area contributed by atoms with Gasteiger partial charge in [0.05, 0.1) is 11.3 Å². The molecule has 0 saturated carbocycles. The predicted molar refractivity (Wildman–Crippen MR) is 143 cm³/mol. The predicted octanol–water partition coefficient (Wildman–Crippen LogP) is 5.14. The molecule has 1 aliphatic heterocycles. The lowest BCUT2D eigenvalue weighted by atomic mass is 9.81. The number of ether oxygens (including phenoxy) is 2. The van der Waals surface area contributed by atoms with Crippen LogP contribution in [0, 0.1) is 5.82 Å². The Morgan fingerprint density at radius 2 is 2.03 bits per heavy atom. The van der Waals surface area contributed by atoms with Crippen molar-refractivity contribution in [2.24, 2.45) is 0 Å². The first kappa shape index (κ1) is 26.3. The van der Waals surface area contributed by atoms with Crippen LogP contribution >= 0.6 is 11.3 Å². The van der Waals surface area contributed by atoms with Crippen LogP contribution in [-0.4, -0.2) is 33.5 Å². The normalized spacial score (nSPS) is 16.3. The molecule has 0 bridgehead atoms. The van der Waals surface area contributed by atoms with Crippen LogP contribution in [-0.2, 0) is 23.4 Å². The fourth-order valence-corrected chi connectivity index (χ4v) is 5.05. The van der Waals surface area contributed by atoms with E-state index in [0.717, 1.165) is 23.3 Å². The van der Waals surface area contributed by atoms with E-state index in [1.165, 1.54) is 17.4 Å². The standard InChI is InChI=1S/C28H25FN4O5S/c1-28(15-25(34)33-27-31-10-11-39-27)21-14-24(38-19-5-6-20(26(35)36)22(29)13-19)23(12-17(21)7-9-32-28)37-16-18-4-2-3-8-30-18/h2-6,8,10-14,32H,7,9,15-16H2,1H3,(H,35,36)(H,31,33,34)/t28-/m1/s1. The highest BCUT2D eigenvalue weighted by Gasteiger charge is 2.35. The van der Waals surface area contributed by atoms with Crippen LogP contribution in [0.3, 0.4) is 0 Å². The topological polar surface area (TPSA) is 123 Å². The second-order valence-electron chi connectivity index (χ2n) is 9.19. The van der Waals surface area contributed by atoms with Crippen LogP contribution < -0.4 is 20.1 Å². The summed E-state index contributed by atoms with van der Waals surface area (Å²) in [6.07, 6.45) is 4.12. The number of carboxylic acids is 1. The maximum Gasteiger partial charge on any atom is 0.338 e. The zero-order valence-electron chi connectivity index (χ0n) is 20.9. The summed E-state index contributed by atoms with van der Waals surface area (Å²) < 4.78 is 26.5. The molecule has 1 atom stereocenters. The quantitative estimate of drug-likeness (QED) is 0.263. The summed E-state index contributed by atoms with van der Waals surface area (Å²) >= 11 is 1.34. The number of hydrogen-bond acceptors (Lipinski definition) is 8. The summed E-state index contributed by atoms with van der Waals surface area (Å²) in [6, 6.07) is 12.7. The molecule has 4 aromatic rings. The first-order valence-electron chi connectivity index (χ1n) is 12.2. The number of carbonyl (C=O) groups is 2. The molecule has 2 aromatic carbocycles. The second kappa shape index (κ2) is 11.2. The first-order chi connectivity index (χ1) is 18.8. The van der Waals surface area contributed by atoms with Gasteiger partial charge in [0.2, 0.25) is 5.91 Å². The summed E-state index contributed by atoms with van der Waals surface area (Å²) in [5.74, 6) is -1.67. The third-order valence-electron chi connectivity index (χ3n) is 6.37. The maximum atomic E-state index is 14.4. The number of pyridine rings is 1. The number of amides is 1. The van der Waals surface area contributed by atoms with E-state index in [-0.39, 0.29) is 24.7 Å². The summed E-state index contributed by atoms with van der Waals surface area (Å²) in [5, 5.41) is 17.7. The molecule has 2 aromatic heterocycles. The van der Waals surface area contributed by atoms with Crippen molar-refractivity contribution in [3.05, 3.63) is 94.5 Å². The first-order valence-corrected chi connectivity index (χ1v) is 13.0. The molecule has 0 unspecified atom stereocenters. The van der Waals surface area contributed by atoms with Crippen molar-refractivity contribution in [3.8, 4) is 17.2 Å². The zero-order chi connectivity index (χ0) is 27.4. The highest BCUT2D eigenvalue weighted by Crippen LogP contribution is 2.41. The lowest BCUT2D eigenvalue weighted by molar-refractivity contribution is -0.117. The SMILES string of the molecule is C[C@]1(CC(=O)Nc2nccs2)NCCc2cc(OCc3ccccn3)c(Oc3ccc(C(=O)O)c(F)c3)cc21. The van der Waals surface area contributed by atoms with Gasteiger partial charge >= 0.3 is 5.97 Å². The number of aromatic carboxylic acids is 1. The molecule has 200 valence electrons. The number of nitrogens with zero attached hydrogens (tertiary/aromatic N) is 2. The van der Waals surface area contributed by atoms with Gasteiger partial charge in [-0.05, 0) is 60.9 Å². The third kappa shape index (κ3) is 6.05. The Hall–Kier alpha value is -4.35. The number of hydrogen-bond donors (Lipinski definition) is 3. The van der Waals surface area contributed by atoms with Gasteiger partial charge in [-0.2, -0.15) is 0 Å². The summed E-state index contributed by atoms with van der Waals surface area (Å²) in [5.41, 5.74) is 1.34. The molecule has 1 aliphatic rings. The van der Waals surface area contributed by atoms with Crippen molar-refractivity contribution in [2.45, 2.75) is 31.9 Å². The molecule has 39 heavy (non-hydrogen) atoms. The Morgan fingerprint density at radius 1 is 1.15 bits per heavy atom. The van der Waals surface area contributed by atoms with E-state index in [9.17, 15) is 14.0 Å². The molecule has 11 heteroatoms. The van der Waals surface area contributed by atoms with Gasteiger partial charge in [0.1, 0.15) is 18.2 Å². The average Bonchev–Trinajstić information content (AvgIpc) is 3.41. The Labute approximate surface area is 227 Å². The number of thiazole rings is 1. The lowest BCUT2D eigenvalue weighted by Gasteiger charge is -2.37. The number of carboxylic acid groups (broad SMARTS) is 1. The van der Waals surface area contributed by atoms with Crippen molar-refractivity contribution < 1.29 is 28.6 Å². The molecule has 0 saturated heterocycles. The minimum absolute atomic E-state index is 0.104. The number of halogens is 1. The lowest BCUT2D eigenvalue weighted by Crippen LogP contribution is -2.47. The molecule has 0 fully saturated rings. The van der Waals surface area contributed by atoms with E-state index >= 15 is 0 Å². The molecule has 0 radical (unpaired) electrons. The number of rotatable bonds is 9. The van der Waals surface area contributed by atoms with Crippen molar-refractivity contribution in [2.75, 3.05) is 11.9 Å².